The highest BCUT2D eigenvalue weighted by Crippen LogP contribution is 2.11. The molecule has 0 aromatic carbocycles. The number of nitrogens with zero attached hydrogens (tertiary/aromatic N) is 3. The number of pyridine rings is 1. The maximum absolute atomic E-state index is 4.34. The largest absolute Gasteiger partial charge is 0.363 e. The molecule has 0 amide bonds. The van der Waals surface area contributed by atoms with E-state index in [9.17, 15) is 0 Å². The fraction of sp³-hybridized carbons (Fsp3) is 0.667. The van der Waals surface area contributed by atoms with E-state index in [1.165, 1.54) is 31.2 Å². The first-order valence-corrected chi connectivity index (χ1v) is 8.67. The first-order chi connectivity index (χ1) is 11.1. The lowest BCUT2D eigenvalue weighted by molar-refractivity contribution is 0.443. The first-order valence-electron chi connectivity index (χ1n) is 8.67. The van der Waals surface area contributed by atoms with E-state index in [4.69, 9.17) is 0 Å². The number of anilines is 1. The predicted octanol–water partition coefficient (Wildman–Crippen LogP) is 3.03. The molecule has 0 saturated carbocycles. The quantitative estimate of drug-likeness (QED) is 0.543. The highest BCUT2D eigenvalue weighted by atomic mass is 15.2. The van der Waals surface area contributed by atoms with Gasteiger partial charge in [0.1, 0.15) is 5.82 Å². The van der Waals surface area contributed by atoms with Crippen LogP contribution in [0.3, 0.4) is 0 Å². The van der Waals surface area contributed by atoms with Crippen molar-refractivity contribution in [3.63, 3.8) is 0 Å². The summed E-state index contributed by atoms with van der Waals surface area (Å²) in [7, 11) is 5.82. The lowest BCUT2D eigenvalue weighted by Crippen LogP contribution is -2.39. The van der Waals surface area contributed by atoms with Crippen LogP contribution >= 0.6 is 0 Å². The molecule has 23 heavy (non-hydrogen) atoms. The van der Waals surface area contributed by atoms with Crippen LogP contribution in [0, 0.1) is 5.92 Å². The fourth-order valence-corrected chi connectivity index (χ4v) is 2.41. The maximum Gasteiger partial charge on any atom is 0.191 e. The molecule has 0 fully saturated rings. The van der Waals surface area contributed by atoms with Gasteiger partial charge >= 0.3 is 0 Å². The highest BCUT2D eigenvalue weighted by Gasteiger charge is 2.07. The van der Waals surface area contributed by atoms with Crippen LogP contribution < -0.4 is 15.5 Å². The standard InChI is InChI=1S/C18H33N5/c1-6-8-9-15(7-2)13-21-18(19-3)22-14-16-10-11-20-17(12-16)23(4)5/h10-12,15H,6-9,13-14H2,1-5H3,(H2,19,21,22). The molecule has 1 heterocycles. The predicted molar refractivity (Wildman–Crippen MR) is 100 cm³/mol. The number of unbranched alkanes of at least 4 members (excludes halogenated alkanes) is 1. The number of aliphatic imine (C=N–C) groups is 1. The Morgan fingerprint density at radius 1 is 1.30 bits per heavy atom. The van der Waals surface area contributed by atoms with Gasteiger partial charge in [0.05, 0.1) is 0 Å². The average molecular weight is 319 g/mol. The molecular formula is C18H33N5. The summed E-state index contributed by atoms with van der Waals surface area (Å²) in [4.78, 5) is 10.7. The molecule has 1 atom stereocenters. The molecule has 1 aromatic heterocycles. The van der Waals surface area contributed by atoms with Crippen LogP contribution in [-0.2, 0) is 6.54 Å². The molecule has 5 heteroatoms. The molecule has 2 N–H and O–H groups in total. The second kappa shape index (κ2) is 10.9. The fourth-order valence-electron chi connectivity index (χ4n) is 2.41. The third kappa shape index (κ3) is 7.35. The van der Waals surface area contributed by atoms with Gasteiger partial charge in [0.15, 0.2) is 5.96 Å². The minimum Gasteiger partial charge on any atom is -0.363 e. The van der Waals surface area contributed by atoms with Crippen LogP contribution in [0.1, 0.15) is 45.1 Å². The number of aromatic nitrogens is 1. The lowest BCUT2D eigenvalue weighted by Gasteiger charge is -2.18. The summed E-state index contributed by atoms with van der Waals surface area (Å²) in [6.07, 6.45) is 6.91. The van der Waals surface area contributed by atoms with E-state index in [-0.39, 0.29) is 0 Å². The third-order valence-corrected chi connectivity index (χ3v) is 4.05. The van der Waals surface area contributed by atoms with E-state index in [2.05, 4.69) is 40.5 Å². The smallest absolute Gasteiger partial charge is 0.191 e. The van der Waals surface area contributed by atoms with Crippen molar-refractivity contribution < 1.29 is 0 Å². The van der Waals surface area contributed by atoms with Crippen LogP contribution in [0.2, 0.25) is 0 Å². The molecule has 1 unspecified atom stereocenters. The van der Waals surface area contributed by atoms with E-state index < -0.39 is 0 Å². The molecule has 0 aliphatic carbocycles. The van der Waals surface area contributed by atoms with Gasteiger partial charge in [-0.3, -0.25) is 4.99 Å². The van der Waals surface area contributed by atoms with Gasteiger partial charge in [-0.05, 0) is 30.0 Å². The first kappa shape index (κ1) is 19.3. The van der Waals surface area contributed by atoms with Crippen LogP contribution in [-0.4, -0.2) is 38.6 Å². The van der Waals surface area contributed by atoms with Crippen molar-refractivity contribution in [3.05, 3.63) is 23.9 Å². The Labute approximate surface area is 141 Å². The van der Waals surface area contributed by atoms with E-state index >= 15 is 0 Å². The number of hydrogen-bond donors (Lipinski definition) is 2. The van der Waals surface area contributed by atoms with Crippen molar-refractivity contribution in [1.82, 2.24) is 15.6 Å². The summed E-state index contributed by atoms with van der Waals surface area (Å²) in [6.45, 7) is 6.24. The third-order valence-electron chi connectivity index (χ3n) is 4.05. The molecule has 1 rings (SSSR count). The molecular weight excluding hydrogens is 286 g/mol. The normalized spacial score (nSPS) is 12.8. The van der Waals surface area contributed by atoms with Crippen molar-refractivity contribution >= 4 is 11.8 Å². The van der Waals surface area contributed by atoms with Gasteiger partial charge in [0, 0.05) is 40.4 Å². The Hall–Kier alpha value is -1.78. The maximum atomic E-state index is 4.34. The van der Waals surface area contributed by atoms with Gasteiger partial charge in [-0.25, -0.2) is 4.98 Å². The second-order valence-electron chi connectivity index (χ2n) is 6.14. The number of nitrogens with one attached hydrogen (secondary N) is 2. The second-order valence-corrected chi connectivity index (χ2v) is 6.14. The zero-order valence-electron chi connectivity index (χ0n) is 15.4. The topological polar surface area (TPSA) is 52.6 Å². The minimum atomic E-state index is 0.717. The summed E-state index contributed by atoms with van der Waals surface area (Å²) in [5, 5.41) is 6.83. The SMILES string of the molecule is CCCCC(CC)CNC(=NC)NCc1ccnc(N(C)C)c1. The molecule has 0 radical (unpaired) electrons. The van der Waals surface area contributed by atoms with E-state index in [1.807, 2.05) is 38.3 Å². The van der Waals surface area contributed by atoms with Gasteiger partial charge in [0.2, 0.25) is 0 Å². The Balaban J connectivity index is 2.46. The zero-order valence-corrected chi connectivity index (χ0v) is 15.4. The lowest BCUT2D eigenvalue weighted by atomic mass is 9.99. The van der Waals surface area contributed by atoms with E-state index in [0.29, 0.717) is 0 Å². The molecule has 0 saturated heterocycles. The van der Waals surface area contributed by atoms with Gasteiger partial charge in [0.25, 0.3) is 0 Å². The van der Waals surface area contributed by atoms with Crippen molar-refractivity contribution in [2.24, 2.45) is 10.9 Å². The van der Waals surface area contributed by atoms with Gasteiger partial charge < -0.3 is 15.5 Å². The minimum absolute atomic E-state index is 0.717. The van der Waals surface area contributed by atoms with Crippen molar-refractivity contribution in [1.29, 1.82) is 0 Å². The number of guanidine groups is 1. The summed E-state index contributed by atoms with van der Waals surface area (Å²) in [6, 6.07) is 4.12. The Morgan fingerprint density at radius 3 is 2.70 bits per heavy atom. The van der Waals surface area contributed by atoms with Gasteiger partial charge in [-0.15, -0.1) is 0 Å². The van der Waals surface area contributed by atoms with Crippen LogP contribution in [0.5, 0.6) is 0 Å². The Morgan fingerprint density at radius 2 is 2.09 bits per heavy atom. The average Bonchev–Trinajstić information content (AvgIpc) is 2.57. The molecule has 0 bridgehead atoms. The molecule has 5 nitrogen and oxygen atoms in total. The zero-order chi connectivity index (χ0) is 17.1. The van der Waals surface area contributed by atoms with Crippen molar-refractivity contribution in [2.45, 2.75) is 46.1 Å². The Kier molecular flexibility index (Phi) is 9.10. The summed E-state index contributed by atoms with van der Waals surface area (Å²) >= 11 is 0. The van der Waals surface area contributed by atoms with E-state index in [1.54, 1.807) is 0 Å². The molecule has 1 aromatic rings. The van der Waals surface area contributed by atoms with Crippen molar-refractivity contribution in [3.8, 4) is 0 Å². The van der Waals surface area contributed by atoms with Crippen molar-refractivity contribution in [2.75, 3.05) is 32.6 Å². The number of hydrogen-bond acceptors (Lipinski definition) is 3. The molecule has 0 aliphatic rings. The van der Waals surface area contributed by atoms with Crippen LogP contribution in [0.25, 0.3) is 0 Å². The summed E-state index contributed by atoms with van der Waals surface area (Å²) in [5.74, 6) is 2.55. The molecule has 0 aliphatic heterocycles. The van der Waals surface area contributed by atoms with Crippen LogP contribution in [0.4, 0.5) is 5.82 Å². The monoisotopic (exact) mass is 319 g/mol. The van der Waals surface area contributed by atoms with Gasteiger partial charge in [-0.1, -0.05) is 33.1 Å². The summed E-state index contributed by atoms with van der Waals surface area (Å²) in [5.41, 5.74) is 1.20. The van der Waals surface area contributed by atoms with E-state index in [0.717, 1.165) is 30.8 Å². The summed E-state index contributed by atoms with van der Waals surface area (Å²) < 4.78 is 0. The van der Waals surface area contributed by atoms with Crippen LogP contribution in [0.15, 0.2) is 23.3 Å². The van der Waals surface area contributed by atoms with Gasteiger partial charge in [-0.2, -0.15) is 0 Å². The Bertz CT molecular complexity index is 470. The molecule has 0 spiro atoms. The molecule has 130 valence electrons. The highest BCUT2D eigenvalue weighted by molar-refractivity contribution is 5.79. The number of rotatable bonds is 9.